The van der Waals surface area contributed by atoms with E-state index < -0.39 is 14.6 Å². The van der Waals surface area contributed by atoms with Crippen LogP contribution in [0, 0.1) is 11.8 Å². The molecule has 0 radical (unpaired) electrons. The van der Waals surface area contributed by atoms with E-state index >= 15 is 0 Å². The summed E-state index contributed by atoms with van der Waals surface area (Å²) < 4.78 is 24.7. The predicted octanol–water partition coefficient (Wildman–Crippen LogP) is 3.63. The lowest BCUT2D eigenvalue weighted by atomic mass is 9.98. The second kappa shape index (κ2) is 4.37. The highest BCUT2D eigenvalue weighted by atomic mass is 32.2. The van der Waals surface area contributed by atoms with Crippen LogP contribution < -0.4 is 0 Å². The van der Waals surface area contributed by atoms with Gasteiger partial charge >= 0.3 is 0 Å². The maximum absolute atomic E-state index is 12.7. The topological polar surface area (TPSA) is 34.1 Å². The molecule has 0 aromatic heterocycles. The van der Waals surface area contributed by atoms with Crippen molar-refractivity contribution in [3.63, 3.8) is 0 Å². The van der Waals surface area contributed by atoms with Crippen molar-refractivity contribution in [2.24, 2.45) is 11.8 Å². The highest BCUT2D eigenvalue weighted by Crippen LogP contribution is 2.49. The molecule has 2 bridgehead atoms. The van der Waals surface area contributed by atoms with Crippen LogP contribution in [0.25, 0.3) is 0 Å². The van der Waals surface area contributed by atoms with Gasteiger partial charge in [-0.25, -0.2) is 8.42 Å². The first-order chi connectivity index (χ1) is 8.29. The van der Waals surface area contributed by atoms with Crippen molar-refractivity contribution in [2.45, 2.75) is 44.8 Å². The fourth-order valence-electron chi connectivity index (χ4n) is 2.84. The van der Waals surface area contributed by atoms with E-state index in [0.29, 0.717) is 10.8 Å². The molecule has 0 fully saturated rings. The summed E-state index contributed by atoms with van der Waals surface area (Å²) >= 11 is 0. The van der Waals surface area contributed by atoms with Gasteiger partial charge in [-0.05, 0) is 51.5 Å². The Hall–Kier alpha value is -0.830. The van der Waals surface area contributed by atoms with Gasteiger partial charge in [0.05, 0.1) is 9.65 Å². The standard InChI is InChI=1S/C15H22O2S/c1-5-6-7-13-11-8-9-12(10-11)14(13)18(16,17)15(2,3)4/h5,8-9,11-12H,1,6-7,10H2,2-4H3. The monoisotopic (exact) mass is 266 g/mol. The summed E-state index contributed by atoms with van der Waals surface area (Å²) in [4.78, 5) is 0.712. The van der Waals surface area contributed by atoms with Crippen molar-refractivity contribution in [2.75, 3.05) is 0 Å². The van der Waals surface area contributed by atoms with Crippen LogP contribution >= 0.6 is 0 Å². The van der Waals surface area contributed by atoms with Crippen molar-refractivity contribution in [3.8, 4) is 0 Å². The Kier molecular flexibility index (Phi) is 3.30. The zero-order valence-corrected chi connectivity index (χ0v) is 12.3. The first kappa shape index (κ1) is 13.6. The molecule has 2 rings (SSSR count). The average molecular weight is 266 g/mol. The molecule has 2 aliphatic carbocycles. The highest BCUT2D eigenvalue weighted by Gasteiger charge is 2.45. The summed E-state index contributed by atoms with van der Waals surface area (Å²) in [6, 6.07) is 0. The van der Waals surface area contributed by atoms with Crippen LogP contribution in [-0.2, 0) is 9.84 Å². The van der Waals surface area contributed by atoms with Crippen LogP contribution in [0.5, 0.6) is 0 Å². The fourth-order valence-corrected chi connectivity index (χ4v) is 4.67. The van der Waals surface area contributed by atoms with Gasteiger partial charge in [-0.2, -0.15) is 0 Å². The minimum Gasteiger partial charge on any atom is -0.223 e. The van der Waals surface area contributed by atoms with Crippen LogP contribution in [0.1, 0.15) is 40.0 Å². The van der Waals surface area contributed by atoms with Crippen molar-refractivity contribution in [3.05, 3.63) is 35.3 Å². The molecule has 0 saturated heterocycles. The molecule has 0 aliphatic heterocycles. The largest absolute Gasteiger partial charge is 0.223 e. The molecule has 2 atom stereocenters. The quantitative estimate of drug-likeness (QED) is 0.728. The van der Waals surface area contributed by atoms with Gasteiger partial charge in [0.1, 0.15) is 0 Å². The van der Waals surface area contributed by atoms with Gasteiger partial charge in [0.15, 0.2) is 9.84 Å². The maximum Gasteiger partial charge on any atom is 0.180 e. The minimum absolute atomic E-state index is 0.124. The van der Waals surface area contributed by atoms with Gasteiger partial charge in [-0.3, -0.25) is 0 Å². The van der Waals surface area contributed by atoms with E-state index in [1.54, 1.807) is 20.8 Å². The molecule has 0 amide bonds. The van der Waals surface area contributed by atoms with Gasteiger partial charge in [0, 0.05) is 5.92 Å². The second-order valence-electron chi connectivity index (χ2n) is 6.17. The second-order valence-corrected chi connectivity index (χ2v) is 8.84. The van der Waals surface area contributed by atoms with E-state index in [-0.39, 0.29) is 5.92 Å². The highest BCUT2D eigenvalue weighted by molar-refractivity contribution is 7.96. The van der Waals surface area contributed by atoms with E-state index in [9.17, 15) is 8.42 Å². The van der Waals surface area contributed by atoms with E-state index in [2.05, 4.69) is 18.7 Å². The molecule has 2 nitrogen and oxygen atoms in total. The molecule has 0 heterocycles. The Labute approximate surface area is 110 Å². The van der Waals surface area contributed by atoms with E-state index in [0.717, 1.165) is 24.8 Å². The van der Waals surface area contributed by atoms with Crippen LogP contribution in [0.3, 0.4) is 0 Å². The fraction of sp³-hybridized carbons (Fsp3) is 0.600. The van der Waals surface area contributed by atoms with Gasteiger partial charge in [0.25, 0.3) is 0 Å². The third-order valence-electron chi connectivity index (χ3n) is 3.90. The van der Waals surface area contributed by atoms with Crippen molar-refractivity contribution in [1.29, 1.82) is 0 Å². The third-order valence-corrected chi connectivity index (χ3v) is 6.65. The molecule has 100 valence electrons. The predicted molar refractivity (Wildman–Crippen MR) is 75.9 cm³/mol. The van der Waals surface area contributed by atoms with Gasteiger partial charge in [-0.15, -0.1) is 6.58 Å². The summed E-state index contributed by atoms with van der Waals surface area (Å²) in [7, 11) is -3.19. The summed E-state index contributed by atoms with van der Waals surface area (Å²) in [6.45, 7) is 9.09. The molecule has 2 aliphatic rings. The van der Waals surface area contributed by atoms with E-state index in [1.165, 1.54) is 0 Å². The Balaban J connectivity index is 2.45. The molecule has 0 aromatic rings. The number of sulfone groups is 1. The molecule has 0 aromatic carbocycles. The average Bonchev–Trinajstić information content (AvgIpc) is 2.84. The first-order valence-corrected chi connectivity index (χ1v) is 8.04. The Morgan fingerprint density at radius 1 is 1.33 bits per heavy atom. The smallest absolute Gasteiger partial charge is 0.180 e. The maximum atomic E-state index is 12.7. The molecule has 2 unspecified atom stereocenters. The number of hydrogen-bond donors (Lipinski definition) is 0. The summed E-state index contributed by atoms with van der Waals surface area (Å²) in [5.74, 6) is 0.473. The normalized spacial score (nSPS) is 27.1. The van der Waals surface area contributed by atoms with E-state index in [4.69, 9.17) is 0 Å². The Morgan fingerprint density at radius 2 is 1.94 bits per heavy atom. The molecule has 0 spiro atoms. The van der Waals surface area contributed by atoms with Crippen LogP contribution in [0.15, 0.2) is 35.3 Å². The minimum atomic E-state index is -3.19. The van der Waals surface area contributed by atoms with Crippen LogP contribution in [0.4, 0.5) is 0 Å². The summed E-state index contributed by atoms with van der Waals surface area (Å²) in [5, 5.41) is 0. The molecular formula is C15H22O2S. The lowest BCUT2D eigenvalue weighted by molar-refractivity contribution is 0.562. The zero-order chi connectivity index (χ0) is 13.6. The van der Waals surface area contributed by atoms with E-state index in [1.807, 2.05) is 6.08 Å². The van der Waals surface area contributed by atoms with Gasteiger partial charge in [0.2, 0.25) is 0 Å². The Morgan fingerprint density at radius 3 is 2.50 bits per heavy atom. The molecule has 0 N–H and O–H groups in total. The summed E-state index contributed by atoms with van der Waals surface area (Å²) in [5.41, 5.74) is 1.14. The van der Waals surface area contributed by atoms with Crippen molar-refractivity contribution >= 4 is 9.84 Å². The molecule has 0 saturated carbocycles. The lowest BCUT2D eigenvalue weighted by Crippen LogP contribution is -2.31. The zero-order valence-electron chi connectivity index (χ0n) is 11.4. The summed E-state index contributed by atoms with van der Waals surface area (Å²) in [6.07, 6.45) is 8.75. The van der Waals surface area contributed by atoms with Crippen LogP contribution in [-0.4, -0.2) is 13.2 Å². The number of hydrogen-bond acceptors (Lipinski definition) is 2. The molecule has 3 heteroatoms. The number of allylic oxidation sites excluding steroid dienone is 5. The molecule has 18 heavy (non-hydrogen) atoms. The van der Waals surface area contributed by atoms with Crippen molar-refractivity contribution in [1.82, 2.24) is 0 Å². The van der Waals surface area contributed by atoms with Gasteiger partial charge < -0.3 is 0 Å². The Bertz CT molecular complexity index is 515. The number of fused-ring (bicyclic) bond motifs is 2. The van der Waals surface area contributed by atoms with Crippen molar-refractivity contribution < 1.29 is 8.42 Å². The van der Waals surface area contributed by atoms with Gasteiger partial charge in [-0.1, -0.05) is 18.2 Å². The first-order valence-electron chi connectivity index (χ1n) is 6.56. The lowest BCUT2D eigenvalue weighted by Gasteiger charge is -2.25. The SMILES string of the molecule is C=CCCC1=C(S(=O)(=O)C(C)(C)C)C2C=CC1C2. The number of rotatable bonds is 4. The van der Waals surface area contributed by atoms with Crippen LogP contribution in [0.2, 0.25) is 0 Å². The molecular weight excluding hydrogens is 244 g/mol. The third kappa shape index (κ3) is 1.99.